The molecular weight excluding hydrogens is 384 g/mol. The average molecular weight is 419 g/mol. The van der Waals surface area contributed by atoms with E-state index in [2.05, 4.69) is 4.90 Å². The Morgan fingerprint density at radius 2 is 1.80 bits per heavy atom. The molecule has 0 aromatic heterocycles. The number of methoxy groups -OCH3 is 1. The van der Waals surface area contributed by atoms with E-state index in [0.717, 1.165) is 70.6 Å². The first-order chi connectivity index (χ1) is 14.7. The quantitative estimate of drug-likeness (QED) is 0.605. The third kappa shape index (κ3) is 6.99. The van der Waals surface area contributed by atoms with Crippen LogP contribution in [-0.4, -0.2) is 74.4 Å². The normalized spacial score (nSPS) is 18.4. The molecule has 3 rings (SSSR count). The molecule has 7 heteroatoms. The van der Waals surface area contributed by atoms with Crippen molar-refractivity contribution >= 4 is 12.1 Å². The number of esters is 1. The first kappa shape index (κ1) is 22.6. The molecule has 2 aliphatic heterocycles. The van der Waals surface area contributed by atoms with Crippen molar-refractivity contribution in [1.29, 1.82) is 0 Å². The van der Waals surface area contributed by atoms with Crippen molar-refractivity contribution in [2.24, 2.45) is 5.92 Å². The molecule has 0 atom stereocenters. The maximum Gasteiger partial charge on any atom is 0.410 e. The van der Waals surface area contributed by atoms with Crippen LogP contribution in [0.1, 0.15) is 37.7 Å². The molecule has 0 radical (unpaired) electrons. The van der Waals surface area contributed by atoms with Crippen molar-refractivity contribution < 1.29 is 23.8 Å². The van der Waals surface area contributed by atoms with E-state index < -0.39 is 0 Å². The fourth-order valence-electron chi connectivity index (χ4n) is 4.25. The van der Waals surface area contributed by atoms with Crippen LogP contribution in [0.15, 0.2) is 30.3 Å². The third-order valence-corrected chi connectivity index (χ3v) is 6.11. The van der Waals surface area contributed by atoms with E-state index in [1.165, 1.54) is 7.11 Å². The summed E-state index contributed by atoms with van der Waals surface area (Å²) in [6, 6.07) is 10.2. The lowest BCUT2D eigenvalue weighted by molar-refractivity contribution is -0.141. The number of ether oxygens (including phenoxy) is 3. The Morgan fingerprint density at radius 3 is 2.47 bits per heavy atom. The summed E-state index contributed by atoms with van der Waals surface area (Å²) in [7, 11) is 1.44. The molecule has 0 spiro atoms. The lowest BCUT2D eigenvalue weighted by Crippen LogP contribution is -2.46. The molecule has 1 aromatic carbocycles. The van der Waals surface area contributed by atoms with Crippen molar-refractivity contribution in [1.82, 2.24) is 9.80 Å². The highest BCUT2D eigenvalue weighted by atomic mass is 16.6. The predicted octanol–water partition coefficient (Wildman–Crippen LogP) is 3.08. The summed E-state index contributed by atoms with van der Waals surface area (Å²) in [6.45, 7) is 4.99. The number of hydrogen-bond donors (Lipinski definition) is 0. The highest BCUT2D eigenvalue weighted by molar-refractivity contribution is 5.69. The zero-order valence-electron chi connectivity index (χ0n) is 18.0. The van der Waals surface area contributed by atoms with Gasteiger partial charge >= 0.3 is 12.1 Å². The van der Waals surface area contributed by atoms with E-state index in [4.69, 9.17) is 14.2 Å². The van der Waals surface area contributed by atoms with Gasteiger partial charge in [0.1, 0.15) is 6.61 Å². The van der Waals surface area contributed by atoms with Gasteiger partial charge < -0.3 is 19.1 Å². The topological polar surface area (TPSA) is 68.3 Å². The molecule has 30 heavy (non-hydrogen) atoms. The number of piperidine rings is 1. The monoisotopic (exact) mass is 418 g/mol. The molecule has 1 amide bonds. The van der Waals surface area contributed by atoms with Crippen LogP contribution in [0, 0.1) is 5.92 Å². The van der Waals surface area contributed by atoms with E-state index in [9.17, 15) is 9.59 Å². The molecule has 0 aliphatic carbocycles. The highest BCUT2D eigenvalue weighted by Crippen LogP contribution is 2.23. The molecule has 2 aliphatic rings. The number of carbonyl (C=O) groups is 2. The minimum Gasteiger partial charge on any atom is -0.469 e. The van der Waals surface area contributed by atoms with Gasteiger partial charge in [0.05, 0.1) is 13.5 Å². The summed E-state index contributed by atoms with van der Waals surface area (Å²) in [5, 5.41) is 0. The standard InChI is InChI=1S/C23H34N2O5/c1-28-22(26)9-14-25(21-10-15-29-16-11-21)17-19-7-12-24(13-8-19)23(27)30-18-20-5-3-2-4-6-20/h2-6,19,21H,7-18H2,1H3. The van der Waals surface area contributed by atoms with Gasteiger partial charge in [0, 0.05) is 45.4 Å². The first-order valence-corrected chi connectivity index (χ1v) is 11.0. The number of carbonyl (C=O) groups excluding carboxylic acids is 2. The Bertz CT molecular complexity index is 655. The molecule has 1 aromatic rings. The van der Waals surface area contributed by atoms with Gasteiger partial charge in [-0.1, -0.05) is 30.3 Å². The second-order valence-corrected chi connectivity index (χ2v) is 8.14. The zero-order chi connectivity index (χ0) is 21.2. The summed E-state index contributed by atoms with van der Waals surface area (Å²) in [4.78, 5) is 28.3. The SMILES string of the molecule is COC(=O)CCN(CC1CCN(C(=O)OCc2ccccc2)CC1)C1CCOCC1. The van der Waals surface area contributed by atoms with Crippen LogP contribution in [0.4, 0.5) is 4.79 Å². The Kier molecular flexibility index (Phi) is 8.96. The third-order valence-electron chi connectivity index (χ3n) is 6.11. The molecular formula is C23H34N2O5. The Balaban J connectivity index is 1.44. The van der Waals surface area contributed by atoms with Gasteiger partial charge in [0.25, 0.3) is 0 Å². The summed E-state index contributed by atoms with van der Waals surface area (Å²) < 4.78 is 15.8. The number of nitrogens with zero attached hydrogens (tertiary/aromatic N) is 2. The number of hydrogen-bond acceptors (Lipinski definition) is 6. The van der Waals surface area contributed by atoms with E-state index in [0.29, 0.717) is 25.0 Å². The molecule has 2 saturated heterocycles. The number of rotatable bonds is 8. The van der Waals surface area contributed by atoms with Crippen LogP contribution in [0.2, 0.25) is 0 Å². The fourth-order valence-corrected chi connectivity index (χ4v) is 4.25. The van der Waals surface area contributed by atoms with Crippen molar-refractivity contribution in [2.45, 2.75) is 44.8 Å². The van der Waals surface area contributed by atoms with Gasteiger partial charge in [-0.2, -0.15) is 0 Å². The predicted molar refractivity (Wildman–Crippen MR) is 113 cm³/mol. The lowest BCUT2D eigenvalue weighted by Gasteiger charge is -2.39. The van der Waals surface area contributed by atoms with Gasteiger partial charge in [-0.3, -0.25) is 9.69 Å². The summed E-state index contributed by atoms with van der Waals surface area (Å²) in [5.41, 5.74) is 0.999. The van der Waals surface area contributed by atoms with Crippen molar-refractivity contribution in [3.05, 3.63) is 35.9 Å². The zero-order valence-corrected chi connectivity index (χ0v) is 18.0. The highest BCUT2D eigenvalue weighted by Gasteiger charge is 2.28. The minimum atomic E-state index is -0.232. The van der Waals surface area contributed by atoms with Crippen molar-refractivity contribution in [3.8, 4) is 0 Å². The molecule has 0 bridgehead atoms. The Morgan fingerprint density at radius 1 is 1.10 bits per heavy atom. The lowest BCUT2D eigenvalue weighted by atomic mass is 9.94. The van der Waals surface area contributed by atoms with E-state index >= 15 is 0 Å². The molecule has 0 unspecified atom stereocenters. The maximum absolute atomic E-state index is 12.4. The second-order valence-electron chi connectivity index (χ2n) is 8.14. The number of benzene rings is 1. The Labute approximate surface area is 179 Å². The van der Waals surface area contributed by atoms with Crippen LogP contribution in [0.5, 0.6) is 0 Å². The van der Waals surface area contributed by atoms with E-state index in [1.807, 2.05) is 35.2 Å². The Hall–Kier alpha value is -2.12. The van der Waals surface area contributed by atoms with Crippen LogP contribution >= 0.6 is 0 Å². The molecule has 7 nitrogen and oxygen atoms in total. The van der Waals surface area contributed by atoms with Gasteiger partial charge in [0.2, 0.25) is 0 Å². The smallest absolute Gasteiger partial charge is 0.410 e. The van der Waals surface area contributed by atoms with Gasteiger partial charge in [0.15, 0.2) is 0 Å². The molecule has 166 valence electrons. The molecule has 0 saturated carbocycles. The van der Waals surface area contributed by atoms with Gasteiger partial charge in [-0.15, -0.1) is 0 Å². The van der Waals surface area contributed by atoms with Crippen molar-refractivity contribution in [2.75, 3.05) is 46.5 Å². The summed E-state index contributed by atoms with van der Waals surface area (Å²) in [5.74, 6) is 0.353. The van der Waals surface area contributed by atoms with Crippen molar-refractivity contribution in [3.63, 3.8) is 0 Å². The van der Waals surface area contributed by atoms with Crippen LogP contribution in [0.3, 0.4) is 0 Å². The number of likely N-dealkylation sites (tertiary alicyclic amines) is 1. The first-order valence-electron chi connectivity index (χ1n) is 11.0. The summed E-state index contributed by atoms with van der Waals surface area (Å²) >= 11 is 0. The number of amides is 1. The molecule has 2 fully saturated rings. The summed E-state index contributed by atoms with van der Waals surface area (Å²) in [6.07, 6.45) is 4.11. The maximum atomic E-state index is 12.4. The van der Waals surface area contributed by atoms with E-state index in [-0.39, 0.29) is 12.1 Å². The largest absolute Gasteiger partial charge is 0.469 e. The second kappa shape index (κ2) is 11.9. The van der Waals surface area contributed by atoms with E-state index in [1.54, 1.807) is 0 Å². The minimum absolute atomic E-state index is 0.164. The van der Waals surface area contributed by atoms with Crippen LogP contribution < -0.4 is 0 Å². The molecule has 0 N–H and O–H groups in total. The molecule has 2 heterocycles. The van der Waals surface area contributed by atoms with Gasteiger partial charge in [-0.25, -0.2) is 4.79 Å². The van der Waals surface area contributed by atoms with Crippen LogP contribution in [-0.2, 0) is 25.6 Å². The van der Waals surface area contributed by atoms with Gasteiger partial charge in [-0.05, 0) is 37.2 Å². The van der Waals surface area contributed by atoms with Crippen LogP contribution in [0.25, 0.3) is 0 Å². The fraction of sp³-hybridized carbons (Fsp3) is 0.652. The average Bonchev–Trinajstić information content (AvgIpc) is 2.81.